The second kappa shape index (κ2) is 5.45. The Morgan fingerprint density at radius 3 is 2.69 bits per heavy atom. The summed E-state index contributed by atoms with van der Waals surface area (Å²) >= 11 is 1.76. The van der Waals surface area contributed by atoms with Gasteiger partial charge in [0.25, 0.3) is 0 Å². The maximum absolute atomic E-state index is 11.6. The Bertz CT molecular complexity index is 297. The van der Waals surface area contributed by atoms with Crippen LogP contribution in [0.5, 0.6) is 0 Å². The van der Waals surface area contributed by atoms with E-state index in [1.54, 1.807) is 11.8 Å². The highest BCUT2D eigenvalue weighted by atomic mass is 32.2. The van der Waals surface area contributed by atoms with E-state index < -0.39 is 10.8 Å². The first-order valence-corrected chi connectivity index (χ1v) is 6.96. The lowest BCUT2D eigenvalue weighted by Crippen LogP contribution is -1.98. The molecule has 0 radical (unpaired) electrons. The summed E-state index contributed by atoms with van der Waals surface area (Å²) in [6.07, 6.45) is 2.06. The molecule has 1 atom stereocenters. The van der Waals surface area contributed by atoms with Crippen molar-refractivity contribution in [3.8, 4) is 0 Å². The molecule has 0 bridgehead atoms. The van der Waals surface area contributed by atoms with Gasteiger partial charge < -0.3 is 0 Å². The smallest absolute Gasteiger partial charge is 0.0529 e. The number of rotatable bonds is 4. The Hall–Kier alpha value is -0.280. The summed E-state index contributed by atoms with van der Waals surface area (Å²) in [4.78, 5) is 0.999. The van der Waals surface area contributed by atoms with E-state index in [1.165, 1.54) is 5.56 Å². The van der Waals surface area contributed by atoms with Crippen molar-refractivity contribution < 1.29 is 4.21 Å². The second-order valence-electron chi connectivity index (χ2n) is 2.67. The lowest BCUT2D eigenvalue weighted by Gasteiger charge is -2.05. The Morgan fingerprint density at radius 2 is 2.08 bits per heavy atom. The van der Waals surface area contributed by atoms with Crippen LogP contribution >= 0.6 is 11.8 Å². The maximum atomic E-state index is 11.6. The standard InChI is InChI=1S/C10H14OS2/c1-3-13(11)10-7-5-4-6-9(10)8-12-2/h4-7H,3,8H2,1-2H3. The fourth-order valence-electron chi connectivity index (χ4n) is 1.16. The van der Waals surface area contributed by atoms with E-state index in [4.69, 9.17) is 0 Å². The van der Waals surface area contributed by atoms with Crippen LogP contribution < -0.4 is 0 Å². The largest absolute Gasteiger partial charge is 0.254 e. The van der Waals surface area contributed by atoms with Crippen molar-refractivity contribution in [3.05, 3.63) is 29.8 Å². The first kappa shape index (κ1) is 10.8. The molecule has 0 N–H and O–H groups in total. The number of hydrogen-bond acceptors (Lipinski definition) is 2. The Balaban J connectivity index is 2.97. The van der Waals surface area contributed by atoms with Gasteiger partial charge in [-0.05, 0) is 17.9 Å². The van der Waals surface area contributed by atoms with Crippen LogP contribution in [-0.2, 0) is 16.6 Å². The van der Waals surface area contributed by atoms with Gasteiger partial charge in [0.1, 0.15) is 0 Å². The third kappa shape index (κ3) is 2.85. The van der Waals surface area contributed by atoms with E-state index in [9.17, 15) is 4.21 Å². The topological polar surface area (TPSA) is 17.1 Å². The van der Waals surface area contributed by atoms with Crippen LogP contribution in [0, 0.1) is 0 Å². The monoisotopic (exact) mass is 214 g/mol. The first-order valence-electron chi connectivity index (χ1n) is 4.24. The fraction of sp³-hybridized carbons (Fsp3) is 0.400. The lowest BCUT2D eigenvalue weighted by molar-refractivity contribution is 0.683. The summed E-state index contributed by atoms with van der Waals surface area (Å²) in [5, 5.41) is 0. The van der Waals surface area contributed by atoms with Crippen LogP contribution in [0.3, 0.4) is 0 Å². The minimum absolute atomic E-state index is 0.700. The SMILES string of the molecule is CCS(=O)c1ccccc1CSC. The minimum Gasteiger partial charge on any atom is -0.254 e. The molecule has 0 aliphatic carbocycles. The van der Waals surface area contributed by atoms with Crippen molar-refractivity contribution in [2.24, 2.45) is 0 Å². The third-order valence-corrected chi connectivity index (χ3v) is 3.79. The molecule has 0 aliphatic heterocycles. The first-order chi connectivity index (χ1) is 6.29. The van der Waals surface area contributed by atoms with Crippen molar-refractivity contribution >= 4 is 22.6 Å². The van der Waals surface area contributed by atoms with E-state index in [0.29, 0.717) is 5.75 Å². The zero-order valence-electron chi connectivity index (χ0n) is 7.95. The van der Waals surface area contributed by atoms with E-state index in [-0.39, 0.29) is 0 Å². The normalized spacial score (nSPS) is 12.8. The molecule has 72 valence electrons. The van der Waals surface area contributed by atoms with Crippen LogP contribution in [0.4, 0.5) is 0 Å². The molecule has 0 aliphatic rings. The van der Waals surface area contributed by atoms with Crippen LogP contribution in [-0.4, -0.2) is 16.2 Å². The van der Waals surface area contributed by atoms with Gasteiger partial charge in [0.05, 0.1) is 10.8 Å². The van der Waals surface area contributed by atoms with Crippen LogP contribution in [0.25, 0.3) is 0 Å². The molecular formula is C10H14OS2. The van der Waals surface area contributed by atoms with Gasteiger partial charge >= 0.3 is 0 Å². The van der Waals surface area contributed by atoms with Gasteiger partial charge in [0.15, 0.2) is 0 Å². The molecule has 13 heavy (non-hydrogen) atoms. The van der Waals surface area contributed by atoms with E-state index in [2.05, 4.69) is 12.3 Å². The molecule has 3 heteroatoms. The average molecular weight is 214 g/mol. The third-order valence-electron chi connectivity index (χ3n) is 1.78. The number of thioether (sulfide) groups is 1. The maximum Gasteiger partial charge on any atom is 0.0529 e. The summed E-state index contributed by atoms with van der Waals surface area (Å²) in [5.41, 5.74) is 1.20. The van der Waals surface area contributed by atoms with Gasteiger partial charge in [-0.15, -0.1) is 0 Å². The van der Waals surface area contributed by atoms with Crippen LogP contribution in [0.1, 0.15) is 12.5 Å². The van der Waals surface area contributed by atoms with Crippen molar-refractivity contribution in [1.29, 1.82) is 0 Å². The van der Waals surface area contributed by atoms with Gasteiger partial charge in [0, 0.05) is 16.4 Å². The summed E-state index contributed by atoms with van der Waals surface area (Å²) in [6, 6.07) is 7.97. The number of hydrogen-bond donors (Lipinski definition) is 0. The van der Waals surface area contributed by atoms with Gasteiger partial charge in [0.2, 0.25) is 0 Å². The quantitative estimate of drug-likeness (QED) is 0.766. The average Bonchev–Trinajstić information content (AvgIpc) is 2.18. The van der Waals surface area contributed by atoms with E-state index in [1.807, 2.05) is 25.1 Å². The molecule has 0 heterocycles. The molecule has 0 spiro atoms. The summed E-state index contributed by atoms with van der Waals surface area (Å²) in [7, 11) is -0.817. The fourth-order valence-corrected chi connectivity index (χ4v) is 2.78. The molecule has 1 aromatic carbocycles. The van der Waals surface area contributed by atoms with Crippen molar-refractivity contribution in [3.63, 3.8) is 0 Å². The Kier molecular flexibility index (Phi) is 4.53. The Morgan fingerprint density at radius 1 is 1.38 bits per heavy atom. The van der Waals surface area contributed by atoms with Crippen molar-refractivity contribution in [2.75, 3.05) is 12.0 Å². The lowest BCUT2D eigenvalue weighted by atomic mass is 10.2. The molecule has 0 amide bonds. The molecule has 0 saturated heterocycles. The van der Waals surface area contributed by atoms with E-state index >= 15 is 0 Å². The molecule has 1 unspecified atom stereocenters. The van der Waals surface area contributed by atoms with Crippen LogP contribution in [0.15, 0.2) is 29.2 Å². The van der Waals surface area contributed by atoms with Crippen LogP contribution in [0.2, 0.25) is 0 Å². The van der Waals surface area contributed by atoms with Gasteiger partial charge in [-0.1, -0.05) is 25.1 Å². The molecule has 0 fully saturated rings. The highest BCUT2D eigenvalue weighted by Gasteiger charge is 2.05. The van der Waals surface area contributed by atoms with Crippen molar-refractivity contribution in [2.45, 2.75) is 17.6 Å². The summed E-state index contributed by atoms with van der Waals surface area (Å²) < 4.78 is 11.6. The summed E-state index contributed by atoms with van der Waals surface area (Å²) in [6.45, 7) is 1.95. The predicted octanol–water partition coefficient (Wildman–Crippen LogP) is 2.68. The highest BCUT2D eigenvalue weighted by Crippen LogP contribution is 2.18. The highest BCUT2D eigenvalue weighted by molar-refractivity contribution is 7.97. The van der Waals surface area contributed by atoms with Gasteiger partial charge in [-0.3, -0.25) is 4.21 Å². The molecule has 0 saturated carbocycles. The molecule has 1 aromatic rings. The number of benzene rings is 1. The minimum atomic E-state index is -0.817. The van der Waals surface area contributed by atoms with Gasteiger partial charge in [-0.25, -0.2) is 0 Å². The second-order valence-corrected chi connectivity index (χ2v) is 5.25. The molecule has 0 aromatic heterocycles. The van der Waals surface area contributed by atoms with Gasteiger partial charge in [-0.2, -0.15) is 11.8 Å². The van der Waals surface area contributed by atoms with E-state index in [0.717, 1.165) is 10.6 Å². The molecule has 1 rings (SSSR count). The summed E-state index contributed by atoms with van der Waals surface area (Å²) in [5.74, 6) is 1.65. The van der Waals surface area contributed by atoms with Crippen molar-refractivity contribution in [1.82, 2.24) is 0 Å². The molecule has 1 nitrogen and oxygen atoms in total. The molecular weight excluding hydrogens is 200 g/mol. The predicted molar refractivity (Wildman–Crippen MR) is 60.6 cm³/mol. The Labute approximate surface area is 86.4 Å². The zero-order valence-corrected chi connectivity index (χ0v) is 9.58. The zero-order chi connectivity index (χ0) is 9.68.